The van der Waals surface area contributed by atoms with Crippen LogP contribution in [0.1, 0.15) is 36.3 Å². The van der Waals surface area contributed by atoms with Gasteiger partial charge in [-0.1, -0.05) is 67.4 Å². The van der Waals surface area contributed by atoms with Crippen LogP contribution in [0.5, 0.6) is 0 Å². The van der Waals surface area contributed by atoms with Crippen molar-refractivity contribution in [2.45, 2.75) is 20.3 Å². The molecule has 0 fully saturated rings. The van der Waals surface area contributed by atoms with E-state index < -0.39 is 5.91 Å². The molecule has 25 heavy (non-hydrogen) atoms. The van der Waals surface area contributed by atoms with E-state index in [1.54, 1.807) is 0 Å². The summed E-state index contributed by atoms with van der Waals surface area (Å²) in [6.07, 6.45) is 0.700. The van der Waals surface area contributed by atoms with E-state index >= 15 is 0 Å². The van der Waals surface area contributed by atoms with Crippen molar-refractivity contribution in [2.75, 3.05) is 5.73 Å². The van der Waals surface area contributed by atoms with Crippen LogP contribution in [0.3, 0.4) is 0 Å². The number of hydrogen-bond donors (Lipinski definition) is 2. The van der Waals surface area contributed by atoms with Crippen LogP contribution in [0.4, 0.5) is 5.69 Å². The Kier molecular flexibility index (Phi) is 6.64. The highest BCUT2D eigenvalue weighted by Crippen LogP contribution is 2.31. The average molecular weight is 401 g/mol. The molecular formula is C17H18Cl3N4O+. The number of nitrogen functional groups attached to an aromatic ring is 1. The highest BCUT2D eigenvalue weighted by atomic mass is 35.5. The molecule has 4 N–H and O–H groups in total. The number of benzene rings is 1. The largest absolute Gasteiger partial charge is 0.396 e. The number of aromatic nitrogens is 1. The predicted molar refractivity (Wildman–Crippen MR) is 102 cm³/mol. The third-order valence-corrected chi connectivity index (χ3v) is 4.51. The number of nitrogens with one attached hydrogen (secondary N) is 2. The predicted octanol–water partition coefficient (Wildman–Crippen LogP) is 4.22. The maximum absolute atomic E-state index is 12.4. The lowest BCUT2D eigenvalue weighted by Crippen LogP contribution is -2.29. The summed E-state index contributed by atoms with van der Waals surface area (Å²) in [5.74, 6) is -0.195. The van der Waals surface area contributed by atoms with E-state index in [0.717, 1.165) is 11.3 Å². The number of nitrogens with two attached hydrogens (primary N) is 1. The van der Waals surface area contributed by atoms with Crippen molar-refractivity contribution in [3.8, 4) is 0 Å². The van der Waals surface area contributed by atoms with Gasteiger partial charge in [0.2, 0.25) is 0 Å². The van der Waals surface area contributed by atoms with Gasteiger partial charge in [-0.15, -0.1) is 0 Å². The molecule has 0 radical (unpaired) electrons. The second-order valence-corrected chi connectivity index (χ2v) is 6.95. The molecule has 1 aromatic carbocycles. The Morgan fingerprint density at radius 1 is 1.20 bits per heavy atom. The van der Waals surface area contributed by atoms with Crippen LogP contribution >= 0.6 is 34.8 Å². The van der Waals surface area contributed by atoms with Crippen LogP contribution in [-0.2, 0) is 0 Å². The molecule has 1 aromatic heterocycles. The minimum absolute atomic E-state index is 0.00530. The van der Waals surface area contributed by atoms with E-state index in [0.29, 0.717) is 12.3 Å². The number of halogens is 3. The summed E-state index contributed by atoms with van der Waals surface area (Å²) in [4.78, 5) is 15.0. The lowest BCUT2D eigenvalue weighted by atomic mass is 10.0. The average Bonchev–Trinajstić information content (AvgIpc) is 2.60. The number of hydrazone groups is 1. The van der Waals surface area contributed by atoms with Gasteiger partial charge in [-0.05, 0) is 29.5 Å². The molecule has 2 rings (SSSR count). The molecule has 8 heteroatoms. The molecule has 0 bridgehead atoms. The molecular weight excluding hydrogens is 383 g/mol. The van der Waals surface area contributed by atoms with Gasteiger partial charge < -0.3 is 5.73 Å². The maximum atomic E-state index is 12.4. The highest BCUT2D eigenvalue weighted by Gasteiger charge is 2.26. The molecule has 0 unspecified atom stereocenters. The first kappa shape index (κ1) is 19.5. The minimum atomic E-state index is -0.563. The van der Waals surface area contributed by atoms with Crippen LogP contribution < -0.4 is 16.1 Å². The van der Waals surface area contributed by atoms with E-state index in [2.05, 4.69) is 29.4 Å². The molecule has 0 atom stereocenters. The fourth-order valence-corrected chi connectivity index (χ4v) is 2.76. The molecule has 0 saturated heterocycles. The third-order valence-electron chi connectivity index (χ3n) is 3.35. The molecule has 5 nitrogen and oxygen atoms in total. The summed E-state index contributed by atoms with van der Waals surface area (Å²) >= 11 is 17.9. The number of rotatable bonds is 5. The summed E-state index contributed by atoms with van der Waals surface area (Å²) in [5.41, 5.74) is 9.96. The second kappa shape index (κ2) is 8.52. The Bertz CT molecular complexity index is 807. The van der Waals surface area contributed by atoms with E-state index in [-0.39, 0.29) is 26.6 Å². The van der Waals surface area contributed by atoms with E-state index in [9.17, 15) is 4.79 Å². The number of carbonyl (C=O) groups is 1. The lowest BCUT2D eigenvalue weighted by molar-refractivity contribution is -0.379. The summed E-state index contributed by atoms with van der Waals surface area (Å²) in [6.45, 7) is 4.15. The molecule has 0 aliphatic carbocycles. The molecule has 0 spiro atoms. The first-order valence-electron chi connectivity index (χ1n) is 7.58. The zero-order valence-electron chi connectivity index (χ0n) is 13.7. The van der Waals surface area contributed by atoms with Gasteiger partial charge in [0.15, 0.2) is 0 Å². The Morgan fingerprint density at radius 3 is 2.44 bits per heavy atom. The summed E-state index contributed by atoms with van der Waals surface area (Å²) in [5, 5.41) is 4.34. The fraction of sp³-hybridized carbons (Fsp3) is 0.235. The van der Waals surface area contributed by atoms with Crippen LogP contribution in [0.15, 0.2) is 35.4 Å². The number of hydrogen-bond acceptors (Lipinski definition) is 3. The van der Waals surface area contributed by atoms with Gasteiger partial charge in [0.1, 0.15) is 10.0 Å². The molecule has 2 aromatic rings. The van der Waals surface area contributed by atoms with Gasteiger partial charge in [-0.25, -0.2) is 5.43 Å². The van der Waals surface area contributed by atoms with Crippen molar-refractivity contribution in [2.24, 2.45) is 11.0 Å². The zero-order chi connectivity index (χ0) is 18.6. The highest BCUT2D eigenvalue weighted by molar-refractivity contribution is 6.45. The van der Waals surface area contributed by atoms with Gasteiger partial charge in [0.25, 0.3) is 10.8 Å². The molecule has 0 aliphatic heterocycles. The summed E-state index contributed by atoms with van der Waals surface area (Å²) in [6, 6.07) is 9.62. The van der Waals surface area contributed by atoms with Gasteiger partial charge in [0.05, 0.1) is 11.4 Å². The zero-order valence-corrected chi connectivity index (χ0v) is 16.0. The number of pyridine rings is 1. The van der Waals surface area contributed by atoms with Gasteiger partial charge >= 0.3 is 5.91 Å². The SMILES string of the molecule is CC(C)C/C(=N\NC(=O)c1[nH+]c(Cl)c(Cl)c(N)c1Cl)c1ccccc1. The minimum Gasteiger partial charge on any atom is -0.396 e. The van der Waals surface area contributed by atoms with Crippen molar-refractivity contribution in [1.82, 2.24) is 5.43 Å². The van der Waals surface area contributed by atoms with Crippen molar-refractivity contribution in [1.29, 1.82) is 0 Å². The molecule has 1 heterocycles. The van der Waals surface area contributed by atoms with Gasteiger partial charge in [0, 0.05) is 0 Å². The van der Waals surface area contributed by atoms with Crippen LogP contribution in [0, 0.1) is 5.92 Å². The summed E-state index contributed by atoms with van der Waals surface area (Å²) in [7, 11) is 0. The fourth-order valence-electron chi connectivity index (χ4n) is 2.14. The van der Waals surface area contributed by atoms with E-state index in [1.807, 2.05) is 30.3 Å². The second-order valence-electron chi connectivity index (χ2n) is 5.82. The van der Waals surface area contributed by atoms with Crippen molar-refractivity contribution in [3.63, 3.8) is 0 Å². The third kappa shape index (κ3) is 4.84. The number of amides is 1. The topological polar surface area (TPSA) is 81.6 Å². The quantitative estimate of drug-likeness (QED) is 0.447. The van der Waals surface area contributed by atoms with Crippen LogP contribution in [0.2, 0.25) is 15.2 Å². The molecule has 0 saturated carbocycles. The number of nitrogens with zero attached hydrogens (tertiary/aromatic N) is 1. The van der Waals surface area contributed by atoms with E-state index in [4.69, 9.17) is 40.5 Å². The van der Waals surface area contributed by atoms with Crippen molar-refractivity contribution in [3.05, 3.63) is 56.8 Å². The lowest BCUT2D eigenvalue weighted by Gasteiger charge is -2.09. The smallest absolute Gasteiger partial charge is 0.337 e. The Hall–Kier alpha value is -1.82. The number of aromatic amines is 1. The first-order chi connectivity index (χ1) is 11.8. The Balaban J connectivity index is 2.30. The van der Waals surface area contributed by atoms with Crippen LogP contribution in [0.25, 0.3) is 0 Å². The van der Waals surface area contributed by atoms with Gasteiger partial charge in [-0.3, -0.25) is 4.79 Å². The number of anilines is 1. The summed E-state index contributed by atoms with van der Waals surface area (Å²) < 4.78 is 0. The van der Waals surface area contributed by atoms with Crippen molar-refractivity contribution >= 4 is 52.1 Å². The molecule has 132 valence electrons. The Morgan fingerprint density at radius 2 is 1.84 bits per heavy atom. The monoisotopic (exact) mass is 399 g/mol. The standard InChI is InChI=1S/C17H17Cl3N4O/c1-9(2)8-11(10-6-4-3-5-7-10)23-24-17(25)15-12(18)14(21)13(19)16(20)22-15/h3-7,9H,8H2,1-2H3,(H2,21,22)(H,24,25)/p+1/b23-11+. The maximum Gasteiger partial charge on any atom is 0.337 e. The number of H-pyrrole nitrogens is 1. The Labute approximate surface area is 161 Å². The van der Waals surface area contributed by atoms with Gasteiger partial charge in [-0.2, -0.15) is 10.1 Å². The van der Waals surface area contributed by atoms with E-state index in [1.165, 1.54) is 0 Å². The number of carbonyl (C=O) groups excluding carboxylic acids is 1. The van der Waals surface area contributed by atoms with Crippen molar-refractivity contribution < 1.29 is 9.78 Å². The molecule has 0 aliphatic rings. The molecule has 1 amide bonds. The first-order valence-corrected chi connectivity index (χ1v) is 8.72. The normalized spacial score (nSPS) is 11.7. The van der Waals surface area contributed by atoms with Crippen LogP contribution in [-0.4, -0.2) is 11.6 Å².